The lowest BCUT2D eigenvalue weighted by Crippen LogP contribution is -2.64. The fourth-order valence-corrected chi connectivity index (χ4v) is 8.82. The largest absolute Gasteiger partial charge is 0.248 e. The van der Waals surface area contributed by atoms with Crippen molar-refractivity contribution in [2.45, 2.75) is 27.7 Å². The first-order valence-corrected chi connectivity index (χ1v) is 11.3. The van der Waals surface area contributed by atoms with Crippen LogP contribution in [-0.4, -0.2) is 7.38 Å². The molecule has 122 valence electrons. The number of hydrogen-bond donors (Lipinski definition) is 0. The molecule has 0 heterocycles. The maximum absolute atomic E-state index is 7.61. The SMILES string of the molecule is Cc1cc(C)cc([Si](Cl)(c2ccccc2C)c2ccccc2C)c1. The molecule has 0 amide bonds. The summed E-state index contributed by atoms with van der Waals surface area (Å²) in [6, 6.07) is 23.9. The van der Waals surface area contributed by atoms with Gasteiger partial charge in [0.05, 0.1) is 0 Å². The number of hydrogen-bond acceptors (Lipinski definition) is 0. The molecule has 0 fully saturated rings. The molecule has 0 bridgehead atoms. The Hall–Kier alpha value is -1.83. The molecule has 0 N–H and O–H groups in total. The van der Waals surface area contributed by atoms with E-state index in [1.807, 2.05) is 0 Å². The van der Waals surface area contributed by atoms with Crippen molar-refractivity contribution < 1.29 is 0 Å². The number of benzene rings is 3. The van der Waals surface area contributed by atoms with Crippen molar-refractivity contribution in [2.75, 3.05) is 0 Å². The number of rotatable bonds is 3. The molecular formula is C22H23ClSi. The van der Waals surface area contributed by atoms with Crippen LogP contribution in [0.4, 0.5) is 0 Å². The summed E-state index contributed by atoms with van der Waals surface area (Å²) in [6.45, 7) is 8.64. The van der Waals surface area contributed by atoms with Gasteiger partial charge in [0, 0.05) is 0 Å². The summed E-state index contributed by atoms with van der Waals surface area (Å²) < 4.78 is 0. The van der Waals surface area contributed by atoms with Gasteiger partial charge in [-0.3, -0.25) is 0 Å². The third-order valence-corrected chi connectivity index (χ3v) is 10.2. The Balaban J connectivity index is 2.38. The molecule has 3 aromatic rings. The minimum absolute atomic E-state index is 1.27. The van der Waals surface area contributed by atoms with E-state index in [0.29, 0.717) is 0 Å². The molecule has 0 aromatic heterocycles. The quantitative estimate of drug-likeness (QED) is 0.378. The van der Waals surface area contributed by atoms with Gasteiger partial charge in [0.2, 0.25) is 7.38 Å². The standard InChI is InChI=1S/C22H23ClSi/c1-16-13-17(2)15-20(14-16)24(23,21-11-7-5-9-18(21)3)22-12-8-6-10-19(22)4/h5-15H,1-4H3. The van der Waals surface area contributed by atoms with Gasteiger partial charge in [0.25, 0.3) is 0 Å². The molecule has 0 aliphatic heterocycles. The van der Waals surface area contributed by atoms with E-state index in [9.17, 15) is 0 Å². The Morgan fingerprint density at radius 3 is 1.46 bits per heavy atom. The molecular weight excluding hydrogens is 328 g/mol. The first-order chi connectivity index (χ1) is 11.4. The maximum atomic E-state index is 7.61. The minimum atomic E-state index is -2.56. The average molecular weight is 351 g/mol. The van der Waals surface area contributed by atoms with Crippen LogP contribution in [0.5, 0.6) is 0 Å². The summed E-state index contributed by atoms with van der Waals surface area (Å²) in [6.07, 6.45) is 0. The van der Waals surface area contributed by atoms with E-state index in [1.54, 1.807) is 0 Å². The summed E-state index contributed by atoms with van der Waals surface area (Å²) >= 11 is 7.61. The summed E-state index contributed by atoms with van der Waals surface area (Å²) in [7, 11) is -2.56. The van der Waals surface area contributed by atoms with Gasteiger partial charge in [-0.05, 0) is 54.4 Å². The topological polar surface area (TPSA) is 0 Å². The van der Waals surface area contributed by atoms with Crippen LogP contribution in [0.3, 0.4) is 0 Å². The highest BCUT2D eigenvalue weighted by atomic mass is 35.6. The van der Waals surface area contributed by atoms with Crippen LogP contribution < -0.4 is 15.6 Å². The van der Waals surface area contributed by atoms with Crippen LogP contribution in [0.25, 0.3) is 0 Å². The van der Waals surface area contributed by atoms with E-state index in [0.717, 1.165) is 0 Å². The summed E-state index contributed by atoms with van der Waals surface area (Å²) in [5.41, 5.74) is 5.07. The normalized spacial score (nSPS) is 11.5. The average Bonchev–Trinajstić information content (AvgIpc) is 2.54. The molecule has 24 heavy (non-hydrogen) atoms. The zero-order chi connectivity index (χ0) is 17.3. The van der Waals surface area contributed by atoms with Crippen LogP contribution >= 0.6 is 11.1 Å². The van der Waals surface area contributed by atoms with Gasteiger partial charge in [-0.25, -0.2) is 0 Å². The highest BCUT2D eigenvalue weighted by Crippen LogP contribution is 2.17. The lowest BCUT2D eigenvalue weighted by atomic mass is 10.2. The van der Waals surface area contributed by atoms with E-state index in [-0.39, 0.29) is 0 Å². The highest BCUT2D eigenvalue weighted by molar-refractivity contribution is 7.40. The van der Waals surface area contributed by atoms with E-state index in [2.05, 4.69) is 94.4 Å². The van der Waals surface area contributed by atoms with Crippen LogP contribution in [0, 0.1) is 27.7 Å². The minimum Gasteiger partial charge on any atom is -0.149 e. The summed E-state index contributed by atoms with van der Waals surface area (Å²) in [4.78, 5) is 0. The lowest BCUT2D eigenvalue weighted by molar-refractivity contribution is 1.40. The summed E-state index contributed by atoms with van der Waals surface area (Å²) in [5.74, 6) is 0. The molecule has 0 aliphatic carbocycles. The smallest absolute Gasteiger partial charge is 0.149 e. The Bertz CT molecular complexity index is 817. The Morgan fingerprint density at radius 2 is 1.04 bits per heavy atom. The maximum Gasteiger partial charge on any atom is 0.248 e. The fourth-order valence-electron chi connectivity index (χ4n) is 3.55. The zero-order valence-electron chi connectivity index (χ0n) is 14.7. The van der Waals surface area contributed by atoms with Gasteiger partial charge in [-0.2, -0.15) is 0 Å². The first kappa shape index (κ1) is 17.0. The van der Waals surface area contributed by atoms with Gasteiger partial charge < -0.3 is 0 Å². The van der Waals surface area contributed by atoms with Crippen molar-refractivity contribution in [1.29, 1.82) is 0 Å². The molecule has 0 radical (unpaired) electrons. The van der Waals surface area contributed by atoms with Crippen molar-refractivity contribution in [3.63, 3.8) is 0 Å². The molecule has 3 rings (SSSR count). The van der Waals surface area contributed by atoms with Crippen molar-refractivity contribution in [1.82, 2.24) is 0 Å². The van der Waals surface area contributed by atoms with E-state index < -0.39 is 7.38 Å². The van der Waals surface area contributed by atoms with E-state index >= 15 is 0 Å². The van der Waals surface area contributed by atoms with Crippen molar-refractivity contribution >= 4 is 34.0 Å². The van der Waals surface area contributed by atoms with Crippen molar-refractivity contribution in [3.05, 3.63) is 89.0 Å². The van der Waals surface area contributed by atoms with Gasteiger partial charge in [-0.15, -0.1) is 11.1 Å². The van der Waals surface area contributed by atoms with Crippen LogP contribution in [0.2, 0.25) is 0 Å². The third-order valence-electron chi connectivity index (χ3n) is 4.65. The molecule has 0 saturated carbocycles. The highest BCUT2D eigenvalue weighted by Gasteiger charge is 2.40. The molecule has 0 aliphatic rings. The Kier molecular flexibility index (Phi) is 4.66. The molecule has 0 spiro atoms. The zero-order valence-corrected chi connectivity index (χ0v) is 16.5. The van der Waals surface area contributed by atoms with Gasteiger partial charge in [0.15, 0.2) is 0 Å². The van der Waals surface area contributed by atoms with E-state index in [4.69, 9.17) is 11.1 Å². The second-order valence-electron chi connectivity index (χ2n) is 6.66. The van der Waals surface area contributed by atoms with Gasteiger partial charge in [-0.1, -0.05) is 77.9 Å². The molecule has 3 aromatic carbocycles. The fraction of sp³-hybridized carbons (Fsp3) is 0.182. The van der Waals surface area contributed by atoms with E-state index in [1.165, 1.54) is 37.8 Å². The van der Waals surface area contributed by atoms with Crippen molar-refractivity contribution in [3.8, 4) is 0 Å². The summed E-state index contributed by atoms with van der Waals surface area (Å²) in [5, 5.41) is 3.84. The van der Waals surface area contributed by atoms with Crippen molar-refractivity contribution in [2.24, 2.45) is 0 Å². The molecule has 0 nitrogen and oxygen atoms in total. The monoisotopic (exact) mass is 350 g/mol. The first-order valence-electron chi connectivity index (χ1n) is 8.33. The van der Waals surface area contributed by atoms with Gasteiger partial charge in [0.1, 0.15) is 0 Å². The molecule has 2 heteroatoms. The predicted octanol–water partition coefficient (Wildman–Crippen LogP) is 4.13. The molecule has 0 atom stereocenters. The van der Waals surface area contributed by atoms with Gasteiger partial charge >= 0.3 is 0 Å². The lowest BCUT2D eigenvalue weighted by Gasteiger charge is -2.30. The third kappa shape index (κ3) is 2.94. The van der Waals surface area contributed by atoms with Crippen LogP contribution in [-0.2, 0) is 0 Å². The number of aryl methyl sites for hydroxylation is 4. The predicted molar refractivity (Wildman–Crippen MR) is 109 cm³/mol. The molecule has 0 saturated heterocycles. The van der Waals surface area contributed by atoms with Crippen LogP contribution in [0.1, 0.15) is 22.3 Å². The Labute approximate surface area is 150 Å². The van der Waals surface area contributed by atoms with Crippen LogP contribution in [0.15, 0.2) is 66.7 Å². The second kappa shape index (κ2) is 6.58. The molecule has 0 unspecified atom stereocenters. The second-order valence-corrected chi connectivity index (χ2v) is 11.3. The Morgan fingerprint density at radius 1 is 0.625 bits per heavy atom. The number of halogens is 1.